The van der Waals surface area contributed by atoms with Gasteiger partial charge in [0.25, 0.3) is 0 Å². The molecule has 0 atom stereocenters. The van der Waals surface area contributed by atoms with Crippen LogP contribution in [0.3, 0.4) is 0 Å². The molecular formula is C15H26. The Kier molecular flexibility index (Phi) is 8.08. The minimum Gasteiger partial charge on any atom is -0.0999 e. The zero-order valence-corrected chi connectivity index (χ0v) is 10.6. The summed E-state index contributed by atoms with van der Waals surface area (Å²) >= 11 is 0. The highest BCUT2D eigenvalue weighted by atomic mass is 14.0. The molecule has 0 saturated carbocycles. The molecule has 0 rings (SSSR count). The molecule has 0 aliphatic rings. The molecule has 0 amide bonds. The van der Waals surface area contributed by atoms with Gasteiger partial charge in [-0.3, -0.25) is 0 Å². The van der Waals surface area contributed by atoms with Crippen molar-refractivity contribution in [1.29, 1.82) is 0 Å². The second-order valence-electron chi connectivity index (χ2n) is 4.44. The first-order chi connectivity index (χ1) is 7.07. The van der Waals surface area contributed by atoms with Crippen molar-refractivity contribution < 1.29 is 0 Å². The third-order valence-corrected chi connectivity index (χ3v) is 2.77. The highest BCUT2D eigenvalue weighted by molar-refractivity contribution is 5.23. The summed E-state index contributed by atoms with van der Waals surface area (Å²) in [4.78, 5) is 0. The second-order valence-corrected chi connectivity index (χ2v) is 4.44. The second kappa shape index (κ2) is 8.52. The van der Waals surface area contributed by atoms with Crippen molar-refractivity contribution >= 4 is 0 Å². The normalized spacial score (nSPS) is 10.0. The van der Waals surface area contributed by atoms with Crippen molar-refractivity contribution in [2.24, 2.45) is 0 Å². The maximum absolute atomic E-state index is 4.11. The van der Waals surface area contributed by atoms with E-state index in [1.165, 1.54) is 43.3 Å². The molecule has 86 valence electrons. The predicted molar refractivity (Wildman–Crippen MR) is 71.1 cm³/mol. The fourth-order valence-corrected chi connectivity index (χ4v) is 1.47. The summed E-state index contributed by atoms with van der Waals surface area (Å²) in [6.07, 6.45) is 8.59. The largest absolute Gasteiger partial charge is 0.0999 e. The summed E-state index contributed by atoms with van der Waals surface area (Å²) in [5.74, 6) is 0. The Bertz CT molecular complexity index is 220. The third-order valence-electron chi connectivity index (χ3n) is 2.77. The summed E-state index contributed by atoms with van der Waals surface area (Å²) in [6.45, 7) is 16.3. The van der Waals surface area contributed by atoms with Crippen LogP contribution in [0, 0.1) is 0 Å². The molecule has 0 saturated heterocycles. The van der Waals surface area contributed by atoms with Gasteiger partial charge in [-0.2, -0.15) is 0 Å². The van der Waals surface area contributed by atoms with Crippen molar-refractivity contribution in [3.05, 3.63) is 36.5 Å². The standard InChI is InChI=1S/C15H26/c1-6-7-8-9-10-14(4)11-12-15(5)13(2)3/h2,4-12H2,1,3H3. The Balaban J connectivity index is 3.49. The first-order valence-electron chi connectivity index (χ1n) is 6.08. The summed E-state index contributed by atoms with van der Waals surface area (Å²) in [5.41, 5.74) is 3.65. The van der Waals surface area contributed by atoms with E-state index in [0.29, 0.717) is 0 Å². The van der Waals surface area contributed by atoms with E-state index in [1.807, 2.05) is 6.92 Å². The molecule has 0 aliphatic carbocycles. The van der Waals surface area contributed by atoms with Gasteiger partial charge in [0.1, 0.15) is 0 Å². The van der Waals surface area contributed by atoms with Crippen LogP contribution in [0.25, 0.3) is 0 Å². The monoisotopic (exact) mass is 206 g/mol. The zero-order chi connectivity index (χ0) is 11.7. The number of hydrogen-bond donors (Lipinski definition) is 0. The lowest BCUT2D eigenvalue weighted by atomic mass is 9.99. The smallest absolute Gasteiger partial charge is 0.0245 e. The Morgan fingerprint density at radius 2 is 1.53 bits per heavy atom. The molecular weight excluding hydrogens is 180 g/mol. The van der Waals surface area contributed by atoms with Crippen molar-refractivity contribution in [1.82, 2.24) is 0 Å². The van der Waals surface area contributed by atoms with Crippen LogP contribution in [0.1, 0.15) is 58.8 Å². The van der Waals surface area contributed by atoms with E-state index in [2.05, 4.69) is 26.7 Å². The predicted octanol–water partition coefficient (Wildman–Crippen LogP) is 5.43. The lowest BCUT2D eigenvalue weighted by Crippen LogP contribution is -1.87. The highest BCUT2D eigenvalue weighted by Gasteiger charge is 1.98. The Labute approximate surface area is 95.8 Å². The molecule has 0 nitrogen and oxygen atoms in total. The van der Waals surface area contributed by atoms with E-state index in [-0.39, 0.29) is 0 Å². The van der Waals surface area contributed by atoms with Gasteiger partial charge in [0.05, 0.1) is 0 Å². The summed E-state index contributed by atoms with van der Waals surface area (Å²) < 4.78 is 0. The topological polar surface area (TPSA) is 0 Å². The van der Waals surface area contributed by atoms with Gasteiger partial charge in [-0.05, 0) is 32.6 Å². The van der Waals surface area contributed by atoms with E-state index < -0.39 is 0 Å². The van der Waals surface area contributed by atoms with Crippen LogP contribution in [0.15, 0.2) is 36.5 Å². The molecule has 0 spiro atoms. The van der Waals surface area contributed by atoms with Crippen molar-refractivity contribution in [3.8, 4) is 0 Å². The van der Waals surface area contributed by atoms with Crippen LogP contribution < -0.4 is 0 Å². The Morgan fingerprint density at radius 1 is 0.867 bits per heavy atom. The molecule has 0 radical (unpaired) electrons. The summed E-state index contributed by atoms with van der Waals surface area (Å²) in [7, 11) is 0. The van der Waals surface area contributed by atoms with E-state index >= 15 is 0 Å². The zero-order valence-electron chi connectivity index (χ0n) is 10.6. The van der Waals surface area contributed by atoms with Gasteiger partial charge >= 0.3 is 0 Å². The molecule has 0 heteroatoms. The first-order valence-corrected chi connectivity index (χ1v) is 6.08. The van der Waals surface area contributed by atoms with Crippen LogP contribution in [0.2, 0.25) is 0 Å². The van der Waals surface area contributed by atoms with E-state index in [0.717, 1.165) is 18.4 Å². The number of rotatable bonds is 9. The third kappa shape index (κ3) is 8.23. The maximum atomic E-state index is 4.11. The van der Waals surface area contributed by atoms with Crippen molar-refractivity contribution in [2.45, 2.75) is 58.8 Å². The highest BCUT2D eigenvalue weighted by Crippen LogP contribution is 2.18. The molecule has 0 heterocycles. The molecule has 15 heavy (non-hydrogen) atoms. The van der Waals surface area contributed by atoms with Gasteiger partial charge in [-0.1, -0.05) is 62.6 Å². The Hall–Kier alpha value is -0.780. The van der Waals surface area contributed by atoms with Crippen LogP contribution >= 0.6 is 0 Å². The van der Waals surface area contributed by atoms with Crippen LogP contribution in [-0.2, 0) is 0 Å². The van der Waals surface area contributed by atoms with Gasteiger partial charge in [0.2, 0.25) is 0 Å². The van der Waals surface area contributed by atoms with Gasteiger partial charge < -0.3 is 0 Å². The molecule has 0 unspecified atom stereocenters. The molecule has 0 aromatic carbocycles. The van der Waals surface area contributed by atoms with Crippen LogP contribution in [0.5, 0.6) is 0 Å². The average molecular weight is 206 g/mol. The summed E-state index contributed by atoms with van der Waals surface area (Å²) in [6, 6.07) is 0. The van der Waals surface area contributed by atoms with Gasteiger partial charge in [-0.15, -0.1) is 0 Å². The number of allylic oxidation sites excluding steroid dienone is 3. The molecule has 0 aliphatic heterocycles. The lowest BCUT2D eigenvalue weighted by molar-refractivity contribution is 0.654. The van der Waals surface area contributed by atoms with Gasteiger partial charge in [0.15, 0.2) is 0 Å². The van der Waals surface area contributed by atoms with Crippen LogP contribution in [-0.4, -0.2) is 0 Å². The van der Waals surface area contributed by atoms with Crippen LogP contribution in [0.4, 0.5) is 0 Å². The lowest BCUT2D eigenvalue weighted by Gasteiger charge is -2.07. The minimum atomic E-state index is 1.03. The minimum absolute atomic E-state index is 1.03. The molecule has 0 bridgehead atoms. The molecule has 0 aromatic rings. The fraction of sp³-hybridized carbons (Fsp3) is 0.600. The van der Waals surface area contributed by atoms with Crippen molar-refractivity contribution in [3.63, 3.8) is 0 Å². The Morgan fingerprint density at radius 3 is 2.07 bits per heavy atom. The van der Waals surface area contributed by atoms with Gasteiger partial charge in [-0.25, -0.2) is 0 Å². The number of hydrogen-bond acceptors (Lipinski definition) is 0. The van der Waals surface area contributed by atoms with E-state index in [1.54, 1.807) is 0 Å². The quantitative estimate of drug-likeness (QED) is 0.268. The fourth-order valence-electron chi connectivity index (χ4n) is 1.47. The van der Waals surface area contributed by atoms with E-state index in [9.17, 15) is 0 Å². The summed E-state index contributed by atoms with van der Waals surface area (Å²) in [5, 5.41) is 0. The SMILES string of the molecule is C=C(CCCCCC)CCC(=C)C(=C)C. The molecule has 0 fully saturated rings. The molecule has 0 N–H and O–H groups in total. The maximum Gasteiger partial charge on any atom is -0.0245 e. The molecule has 0 aromatic heterocycles. The number of unbranched alkanes of at least 4 members (excludes halogenated alkanes) is 3. The van der Waals surface area contributed by atoms with Crippen molar-refractivity contribution in [2.75, 3.05) is 0 Å². The first kappa shape index (κ1) is 14.2. The van der Waals surface area contributed by atoms with Gasteiger partial charge in [0, 0.05) is 0 Å². The average Bonchev–Trinajstić information content (AvgIpc) is 2.20. The van der Waals surface area contributed by atoms with E-state index in [4.69, 9.17) is 0 Å².